The van der Waals surface area contributed by atoms with E-state index < -0.39 is 0 Å². The number of thioether (sulfide) groups is 1. The Morgan fingerprint density at radius 3 is 2.36 bits per heavy atom. The molecule has 0 radical (unpaired) electrons. The van der Waals surface area contributed by atoms with Crippen LogP contribution in [0.2, 0.25) is 10.0 Å². The molecule has 0 aliphatic rings. The second kappa shape index (κ2) is 13.2. The zero-order chi connectivity index (χ0) is 27.9. The van der Waals surface area contributed by atoms with Gasteiger partial charge in [-0.2, -0.15) is 0 Å². The van der Waals surface area contributed by atoms with Gasteiger partial charge in [-0.1, -0.05) is 48.3 Å². The van der Waals surface area contributed by atoms with Crippen molar-refractivity contribution in [3.05, 3.63) is 81.7 Å². The molecule has 4 rings (SSSR count). The van der Waals surface area contributed by atoms with Crippen molar-refractivity contribution < 1.29 is 19.1 Å². The Kier molecular flexibility index (Phi) is 9.74. The molecule has 0 aliphatic carbocycles. The number of carbonyl (C=O) groups is 2. The number of aromatic nitrogens is 1. The van der Waals surface area contributed by atoms with E-state index in [0.29, 0.717) is 50.0 Å². The summed E-state index contributed by atoms with van der Waals surface area (Å²) < 4.78 is 10.7. The molecule has 1 atom stereocenters. The summed E-state index contributed by atoms with van der Waals surface area (Å²) in [5, 5.41) is 8.69. The van der Waals surface area contributed by atoms with Gasteiger partial charge in [0.05, 0.1) is 35.2 Å². The van der Waals surface area contributed by atoms with Crippen LogP contribution in [-0.2, 0) is 4.79 Å². The lowest BCUT2D eigenvalue weighted by Gasteiger charge is -2.15. The molecule has 202 valence electrons. The zero-order valence-corrected chi connectivity index (χ0v) is 24.4. The van der Waals surface area contributed by atoms with Gasteiger partial charge < -0.3 is 20.1 Å². The first-order valence-corrected chi connectivity index (χ1v) is 14.3. The highest BCUT2D eigenvalue weighted by atomic mass is 35.5. The van der Waals surface area contributed by atoms with Gasteiger partial charge >= 0.3 is 0 Å². The van der Waals surface area contributed by atoms with E-state index in [2.05, 4.69) is 15.6 Å². The quantitative estimate of drug-likeness (QED) is 0.180. The molecule has 0 aliphatic heterocycles. The number of thiazole rings is 1. The van der Waals surface area contributed by atoms with E-state index in [1.165, 1.54) is 37.3 Å². The van der Waals surface area contributed by atoms with Crippen LogP contribution >= 0.6 is 46.3 Å². The molecule has 7 nitrogen and oxygen atoms in total. The Hall–Kier alpha value is -3.24. The summed E-state index contributed by atoms with van der Waals surface area (Å²) in [4.78, 5) is 31.5. The van der Waals surface area contributed by atoms with E-state index in [0.717, 1.165) is 10.5 Å². The van der Waals surface area contributed by atoms with Crippen molar-refractivity contribution in [2.75, 3.05) is 24.9 Å². The maximum absolute atomic E-state index is 13.1. The Bertz CT molecular complexity index is 1470. The number of rotatable bonds is 10. The topological polar surface area (TPSA) is 89.5 Å². The molecule has 1 aromatic heterocycles. The maximum atomic E-state index is 13.1. The molecule has 0 fully saturated rings. The highest BCUT2D eigenvalue weighted by Crippen LogP contribution is 2.33. The maximum Gasteiger partial charge on any atom is 0.263 e. The van der Waals surface area contributed by atoms with Crippen LogP contribution in [0.4, 0.5) is 10.8 Å². The van der Waals surface area contributed by atoms with E-state index in [9.17, 15) is 9.59 Å². The second-order valence-corrected chi connectivity index (χ2v) is 11.1. The Balaban J connectivity index is 1.43. The predicted octanol–water partition coefficient (Wildman–Crippen LogP) is 7.90. The Labute approximate surface area is 244 Å². The molecule has 39 heavy (non-hydrogen) atoms. The number of amides is 2. The number of halogens is 2. The van der Waals surface area contributed by atoms with Gasteiger partial charge in [0, 0.05) is 21.5 Å². The van der Waals surface area contributed by atoms with Crippen LogP contribution < -0.4 is 20.1 Å². The van der Waals surface area contributed by atoms with Crippen molar-refractivity contribution in [3.63, 3.8) is 0 Å². The molecule has 0 spiro atoms. The third-order valence-electron chi connectivity index (χ3n) is 5.64. The number of carbonyl (C=O) groups excluding carboxylic acids is 2. The van der Waals surface area contributed by atoms with Crippen LogP contribution in [0.1, 0.15) is 23.7 Å². The van der Waals surface area contributed by atoms with Crippen LogP contribution in [0.3, 0.4) is 0 Å². The lowest BCUT2D eigenvalue weighted by Crippen LogP contribution is -2.24. The molecule has 11 heteroatoms. The molecule has 0 saturated carbocycles. The predicted molar refractivity (Wildman–Crippen MR) is 160 cm³/mol. The first-order valence-electron chi connectivity index (χ1n) is 11.8. The summed E-state index contributed by atoms with van der Waals surface area (Å²) >= 11 is 14.9. The number of hydrogen-bond donors (Lipinski definition) is 2. The van der Waals surface area contributed by atoms with Crippen LogP contribution in [0.15, 0.2) is 70.9 Å². The van der Waals surface area contributed by atoms with E-state index in [1.54, 1.807) is 36.4 Å². The minimum Gasteiger partial charge on any atom is -0.496 e. The number of nitrogens with one attached hydrogen (secondary N) is 2. The fourth-order valence-electron chi connectivity index (χ4n) is 3.71. The van der Waals surface area contributed by atoms with Crippen LogP contribution in [0.5, 0.6) is 11.5 Å². The first kappa shape index (κ1) is 28.8. The van der Waals surface area contributed by atoms with Gasteiger partial charge in [-0.25, -0.2) is 4.98 Å². The smallest absolute Gasteiger partial charge is 0.263 e. The van der Waals surface area contributed by atoms with E-state index in [1.807, 2.05) is 36.6 Å². The summed E-state index contributed by atoms with van der Waals surface area (Å²) in [5.74, 6) is 0.290. The monoisotopic (exact) mass is 601 g/mol. The summed E-state index contributed by atoms with van der Waals surface area (Å²) in [6, 6.07) is 17.8. The molecule has 1 heterocycles. The average Bonchev–Trinajstić information content (AvgIpc) is 3.41. The molecule has 2 amide bonds. The normalized spacial score (nSPS) is 11.5. The minimum atomic E-state index is -0.373. The number of anilines is 2. The molecular weight excluding hydrogens is 577 g/mol. The molecule has 0 bridgehead atoms. The number of hydrogen-bond acceptors (Lipinski definition) is 7. The van der Waals surface area contributed by atoms with E-state index in [-0.39, 0.29) is 17.1 Å². The Morgan fingerprint density at radius 2 is 1.69 bits per heavy atom. The van der Waals surface area contributed by atoms with Crippen molar-refractivity contribution in [3.8, 4) is 22.8 Å². The van der Waals surface area contributed by atoms with Gasteiger partial charge in [0.15, 0.2) is 5.13 Å². The van der Waals surface area contributed by atoms with Gasteiger partial charge in [0.25, 0.3) is 5.91 Å². The van der Waals surface area contributed by atoms with Crippen molar-refractivity contribution in [1.29, 1.82) is 0 Å². The summed E-state index contributed by atoms with van der Waals surface area (Å²) in [7, 11) is 3.00. The molecular formula is C28H25Cl2N3O4S2. The van der Waals surface area contributed by atoms with Crippen molar-refractivity contribution in [2.24, 2.45) is 0 Å². The SMILES string of the molecule is CCC(Sc1cccc(NC(=O)c2c(OC)cccc2OC)c1)C(=O)Nc1nc(-c2ccc(Cl)c(Cl)c2)cs1. The molecule has 0 saturated heterocycles. The average molecular weight is 603 g/mol. The van der Waals surface area contributed by atoms with Gasteiger partial charge in [-0.15, -0.1) is 23.1 Å². The van der Waals surface area contributed by atoms with Crippen molar-refractivity contribution in [2.45, 2.75) is 23.5 Å². The largest absolute Gasteiger partial charge is 0.496 e. The van der Waals surface area contributed by atoms with Crippen LogP contribution in [0.25, 0.3) is 11.3 Å². The van der Waals surface area contributed by atoms with Crippen molar-refractivity contribution in [1.82, 2.24) is 4.98 Å². The van der Waals surface area contributed by atoms with Crippen LogP contribution in [0, 0.1) is 0 Å². The summed E-state index contributed by atoms with van der Waals surface area (Å²) in [6.45, 7) is 1.94. The fraction of sp³-hybridized carbons (Fsp3) is 0.179. The fourth-order valence-corrected chi connectivity index (χ4v) is 5.74. The third-order valence-corrected chi connectivity index (χ3v) is 8.49. The van der Waals surface area contributed by atoms with E-state index in [4.69, 9.17) is 32.7 Å². The van der Waals surface area contributed by atoms with Gasteiger partial charge in [0.1, 0.15) is 17.1 Å². The molecule has 4 aromatic rings. The summed E-state index contributed by atoms with van der Waals surface area (Å²) in [6.07, 6.45) is 0.594. The number of ether oxygens (including phenoxy) is 2. The van der Waals surface area contributed by atoms with Gasteiger partial charge in [0.2, 0.25) is 5.91 Å². The molecule has 2 N–H and O–H groups in total. The van der Waals surface area contributed by atoms with Gasteiger partial charge in [-0.05, 0) is 48.9 Å². The zero-order valence-electron chi connectivity index (χ0n) is 21.3. The standard InChI is InChI=1S/C28H25Cl2N3O4S2/c1-4-24(26(34)33-28-32-21(15-38-28)16-11-12-19(29)20(30)13-16)39-18-8-5-7-17(14-18)31-27(35)25-22(36-2)9-6-10-23(25)37-3/h5-15,24H,4H2,1-3H3,(H,31,35)(H,32,33,34). The lowest BCUT2D eigenvalue weighted by atomic mass is 10.1. The highest BCUT2D eigenvalue weighted by molar-refractivity contribution is 8.00. The molecule has 1 unspecified atom stereocenters. The molecule has 3 aromatic carbocycles. The lowest BCUT2D eigenvalue weighted by molar-refractivity contribution is -0.115. The van der Waals surface area contributed by atoms with Gasteiger partial charge in [-0.3, -0.25) is 9.59 Å². The minimum absolute atomic E-state index is 0.161. The number of benzene rings is 3. The first-order chi connectivity index (χ1) is 18.8. The third kappa shape index (κ3) is 7.05. The number of nitrogens with zero attached hydrogens (tertiary/aromatic N) is 1. The second-order valence-electron chi connectivity index (χ2n) is 8.19. The Morgan fingerprint density at radius 1 is 0.974 bits per heavy atom. The van der Waals surface area contributed by atoms with E-state index >= 15 is 0 Å². The summed E-state index contributed by atoms with van der Waals surface area (Å²) in [5.41, 5.74) is 2.39. The van der Waals surface area contributed by atoms with Crippen molar-refractivity contribution >= 4 is 68.9 Å². The highest BCUT2D eigenvalue weighted by Gasteiger charge is 2.21. The van der Waals surface area contributed by atoms with Crippen LogP contribution in [-0.4, -0.2) is 36.3 Å². The number of methoxy groups -OCH3 is 2.